The maximum Gasteiger partial charge on any atom is 0.335 e. The Morgan fingerprint density at radius 1 is 0.733 bits per heavy atom. The molecule has 1 aliphatic rings. The first kappa shape index (κ1) is 52.4. The van der Waals surface area contributed by atoms with Crippen LogP contribution in [-0.2, 0) is 43.2 Å². The molecule has 0 bridgehead atoms. The Hall–Kier alpha value is -3.75. The molecule has 1 fully saturated rings. The van der Waals surface area contributed by atoms with Crippen LogP contribution in [0.5, 0.6) is 5.75 Å². The predicted molar refractivity (Wildman–Crippen MR) is 241 cm³/mol. The van der Waals surface area contributed by atoms with Gasteiger partial charge in [0.15, 0.2) is 6.10 Å². The van der Waals surface area contributed by atoms with Crippen molar-refractivity contribution >= 4 is 17.3 Å². The normalized spacial score (nSPS) is 20.2. The van der Waals surface area contributed by atoms with E-state index in [2.05, 4.69) is 128 Å². The van der Waals surface area contributed by atoms with Crippen molar-refractivity contribution in [2.75, 3.05) is 10.6 Å². The van der Waals surface area contributed by atoms with Gasteiger partial charge in [0, 0.05) is 34.3 Å². The van der Waals surface area contributed by atoms with E-state index in [0.717, 1.165) is 16.9 Å². The molecule has 0 amide bonds. The number of ether oxygens (including phenoxy) is 4. The summed E-state index contributed by atoms with van der Waals surface area (Å²) >= 11 is 0. The smallest absolute Gasteiger partial charge is 0.335 e. The maximum atomic E-state index is 11.4. The van der Waals surface area contributed by atoms with E-state index in [4.69, 9.17) is 18.9 Å². The van der Waals surface area contributed by atoms with E-state index in [-0.39, 0.29) is 33.2 Å². The molecule has 0 saturated carbocycles. The van der Waals surface area contributed by atoms with Gasteiger partial charge in [-0.15, -0.1) is 5.10 Å². The van der Waals surface area contributed by atoms with Gasteiger partial charge in [-0.1, -0.05) is 51.1 Å². The van der Waals surface area contributed by atoms with Crippen molar-refractivity contribution < 1.29 is 39.1 Å². The number of rotatable bonds is 9. The first-order valence-electron chi connectivity index (χ1n) is 21.0. The lowest BCUT2D eigenvalue weighted by atomic mass is 9.92. The largest absolute Gasteiger partial charge is 0.479 e. The summed E-state index contributed by atoms with van der Waals surface area (Å²) in [6.45, 7) is 40.2. The van der Waals surface area contributed by atoms with Gasteiger partial charge < -0.3 is 44.9 Å². The van der Waals surface area contributed by atoms with Crippen molar-refractivity contribution in [3.8, 4) is 5.75 Å². The van der Waals surface area contributed by atoms with E-state index in [9.17, 15) is 20.1 Å². The molecule has 3 aromatic rings. The summed E-state index contributed by atoms with van der Waals surface area (Å²) in [5.41, 5.74) is 4.63. The van der Waals surface area contributed by atoms with Crippen molar-refractivity contribution in [1.29, 1.82) is 0 Å². The number of nitrogens with zero attached hydrogens (tertiary/aromatic N) is 3. The number of aliphatic carboxylic acids is 1. The molecule has 0 radical (unpaired) electrons. The molecule has 5 N–H and O–H groups in total. The minimum Gasteiger partial charge on any atom is -0.479 e. The molecule has 5 unspecified atom stereocenters. The molecule has 340 valence electrons. The van der Waals surface area contributed by atoms with Crippen molar-refractivity contribution in [3.63, 3.8) is 0 Å². The highest BCUT2D eigenvalue weighted by molar-refractivity contribution is 5.73. The fraction of sp³-hybridized carbons (Fsp3) is 0.681. The van der Waals surface area contributed by atoms with Crippen LogP contribution in [0.3, 0.4) is 0 Å². The fourth-order valence-corrected chi connectivity index (χ4v) is 5.39. The second-order valence-corrected chi connectivity index (χ2v) is 21.8. The highest BCUT2D eigenvalue weighted by Gasteiger charge is 2.47. The number of hydrogen-bond donors (Lipinski definition) is 5. The highest BCUT2D eigenvalue weighted by Crippen LogP contribution is 2.34. The standard InChI is InChI=1S/C22H35NO7.C15H25NO.C10H19N3/c1-12-16(24)17(25)18(19(26)27)30-20(12)29-15-9-8-13(11-28-22(5,6)7)10-14(15)23-21(2,3)4;1-14(2,3)16-13-9-7-12(8-10-13)11-17-15(4,5)6;1-9(2,3)8-7-13(12-11-8)10(4,5)6/h8-10,12,16-18,20,23-25H,11H2,1-7H3,(H,26,27);7-10,16H,11H2,1-6H3;7H,1-6H3. The number of aliphatic hydroxyl groups is 2. The zero-order chi connectivity index (χ0) is 46.2. The van der Waals surface area contributed by atoms with Crippen LogP contribution in [0.25, 0.3) is 0 Å². The number of carbonyl (C=O) groups is 1. The van der Waals surface area contributed by atoms with Crippen molar-refractivity contribution in [2.45, 2.75) is 203 Å². The van der Waals surface area contributed by atoms with Gasteiger partial charge in [0.25, 0.3) is 0 Å². The minimum atomic E-state index is -1.57. The van der Waals surface area contributed by atoms with Crippen LogP contribution in [0, 0.1) is 5.92 Å². The molecule has 1 saturated heterocycles. The quantitative estimate of drug-likeness (QED) is 0.139. The summed E-state index contributed by atoms with van der Waals surface area (Å²) in [5.74, 6) is -1.54. The molecule has 0 aliphatic carbocycles. The number of aromatic nitrogens is 3. The van der Waals surface area contributed by atoms with Crippen molar-refractivity contribution in [1.82, 2.24) is 15.0 Å². The summed E-state index contributed by atoms with van der Waals surface area (Å²) in [4.78, 5) is 11.4. The van der Waals surface area contributed by atoms with Gasteiger partial charge in [0.1, 0.15) is 11.9 Å². The molecular formula is C47H79N5O8. The molecule has 2 aromatic carbocycles. The summed E-state index contributed by atoms with van der Waals surface area (Å²) in [5, 5.41) is 44.6. The molecule has 60 heavy (non-hydrogen) atoms. The number of benzene rings is 2. The zero-order valence-corrected chi connectivity index (χ0v) is 40.1. The van der Waals surface area contributed by atoms with Crippen LogP contribution >= 0.6 is 0 Å². The number of carboxylic acid groups (broad SMARTS) is 1. The van der Waals surface area contributed by atoms with Gasteiger partial charge in [0.2, 0.25) is 6.29 Å². The van der Waals surface area contributed by atoms with Crippen LogP contribution in [0.4, 0.5) is 11.4 Å². The summed E-state index contributed by atoms with van der Waals surface area (Å²) in [6.07, 6.45) is -3.40. The van der Waals surface area contributed by atoms with E-state index < -0.39 is 36.5 Å². The summed E-state index contributed by atoms with van der Waals surface area (Å²) in [7, 11) is 0. The van der Waals surface area contributed by atoms with Crippen molar-refractivity contribution in [3.05, 3.63) is 65.5 Å². The Balaban J connectivity index is 0.000000347. The first-order valence-corrected chi connectivity index (χ1v) is 21.0. The topological polar surface area (TPSA) is 169 Å². The second kappa shape index (κ2) is 20.4. The first-order chi connectivity index (χ1) is 27.0. The van der Waals surface area contributed by atoms with Gasteiger partial charge in [0.05, 0.1) is 47.4 Å². The lowest BCUT2D eigenvalue weighted by Crippen LogP contribution is -2.57. The van der Waals surface area contributed by atoms with Crippen molar-refractivity contribution in [2.24, 2.45) is 5.92 Å². The predicted octanol–water partition coefficient (Wildman–Crippen LogP) is 9.30. The number of aliphatic hydroxyl groups excluding tert-OH is 2. The van der Waals surface area contributed by atoms with Gasteiger partial charge in [-0.3, -0.25) is 0 Å². The SMILES string of the molecule is CC(C)(C)Nc1ccc(COC(C)(C)C)cc1.CC(C)(C)c1cn(C(C)(C)C)nn1.CC1C(Oc2ccc(COC(C)(C)C)cc2NC(C)(C)C)OC(C(=O)O)C(O)C1O. The number of nitrogens with one attached hydrogen (secondary N) is 2. The fourth-order valence-electron chi connectivity index (χ4n) is 5.39. The molecular weight excluding hydrogens is 763 g/mol. The van der Waals surface area contributed by atoms with E-state index in [1.54, 1.807) is 13.0 Å². The third-order valence-electron chi connectivity index (χ3n) is 8.72. The van der Waals surface area contributed by atoms with E-state index in [1.807, 2.05) is 64.6 Å². The Morgan fingerprint density at radius 2 is 1.23 bits per heavy atom. The molecule has 4 rings (SSSR count). The van der Waals surface area contributed by atoms with Gasteiger partial charge in [-0.05, 0) is 139 Å². The summed E-state index contributed by atoms with van der Waals surface area (Å²) in [6, 6.07) is 14.0. The second-order valence-electron chi connectivity index (χ2n) is 21.8. The molecule has 1 aromatic heterocycles. The maximum absolute atomic E-state index is 11.4. The monoisotopic (exact) mass is 842 g/mol. The van der Waals surface area contributed by atoms with E-state index >= 15 is 0 Å². The average molecular weight is 842 g/mol. The zero-order valence-electron chi connectivity index (χ0n) is 40.1. The summed E-state index contributed by atoms with van der Waals surface area (Å²) < 4.78 is 25.0. The lowest BCUT2D eigenvalue weighted by Gasteiger charge is -2.40. The van der Waals surface area contributed by atoms with E-state index in [0.29, 0.717) is 24.7 Å². The van der Waals surface area contributed by atoms with Crippen LogP contribution < -0.4 is 15.4 Å². The highest BCUT2D eigenvalue weighted by atomic mass is 16.7. The van der Waals surface area contributed by atoms with Gasteiger partial charge in [-0.25, -0.2) is 9.48 Å². The number of hydrogen-bond acceptors (Lipinski definition) is 11. The third kappa shape index (κ3) is 18.9. The number of anilines is 2. The van der Waals surface area contributed by atoms with E-state index in [1.165, 1.54) is 5.56 Å². The molecule has 5 atom stereocenters. The van der Waals surface area contributed by atoms with Crippen LogP contribution in [0.2, 0.25) is 0 Å². The third-order valence-corrected chi connectivity index (χ3v) is 8.72. The van der Waals surface area contributed by atoms with Crippen LogP contribution in [0.15, 0.2) is 48.7 Å². The molecule has 1 aliphatic heterocycles. The Bertz CT molecular complexity index is 1740. The molecule has 13 nitrogen and oxygen atoms in total. The van der Waals surface area contributed by atoms with Gasteiger partial charge >= 0.3 is 5.97 Å². The molecule has 13 heteroatoms. The van der Waals surface area contributed by atoms with Gasteiger partial charge in [-0.2, -0.15) is 0 Å². The molecule has 2 heterocycles. The minimum absolute atomic E-state index is 0.0243. The van der Waals surface area contributed by atoms with Crippen LogP contribution in [-0.4, -0.2) is 83.2 Å². The Labute approximate surface area is 360 Å². The molecule has 0 spiro atoms. The Morgan fingerprint density at radius 3 is 1.65 bits per heavy atom. The lowest BCUT2D eigenvalue weighted by molar-refractivity contribution is -0.251. The van der Waals surface area contributed by atoms with Crippen LogP contribution in [0.1, 0.15) is 148 Å². The number of carboxylic acids is 1. The average Bonchev–Trinajstić information content (AvgIpc) is 3.59. The Kier molecular flexibility index (Phi) is 17.8.